The van der Waals surface area contributed by atoms with Crippen LogP contribution in [0.25, 0.3) is 39.8 Å². The molecule has 7 heteroatoms. The summed E-state index contributed by atoms with van der Waals surface area (Å²) in [5.74, 6) is 2.47. The van der Waals surface area contributed by atoms with Crippen molar-refractivity contribution in [1.82, 2.24) is 20.2 Å². The van der Waals surface area contributed by atoms with E-state index < -0.39 is 0 Å². The second kappa shape index (κ2) is 7.94. The number of H-pyrrole nitrogens is 2. The molecule has 0 spiro atoms. The highest BCUT2D eigenvalue weighted by atomic mass is 16.5. The number of benzene rings is 2. The third kappa shape index (κ3) is 3.18. The fourth-order valence-corrected chi connectivity index (χ4v) is 3.61. The van der Waals surface area contributed by atoms with Gasteiger partial charge in [0.25, 0.3) is 0 Å². The standard InChI is InChI=1S/C23H24N4O3/c1-6-8-15-13(2)26-27-21(15)23-24-17-10-7-9-16(20(17)25-23)14-11-18(28-3)22(30-5)19(12-14)29-4/h6-12H,1-5H3,(H,24,25)(H,26,27)/b8-6-. The van der Waals surface area contributed by atoms with Gasteiger partial charge in [0.1, 0.15) is 5.69 Å². The highest BCUT2D eigenvalue weighted by Crippen LogP contribution is 2.42. The van der Waals surface area contributed by atoms with Gasteiger partial charge in [-0.05, 0) is 37.6 Å². The van der Waals surface area contributed by atoms with Crippen molar-refractivity contribution >= 4 is 17.1 Å². The summed E-state index contributed by atoms with van der Waals surface area (Å²) < 4.78 is 16.5. The largest absolute Gasteiger partial charge is 0.493 e. The number of aromatic amines is 2. The Morgan fingerprint density at radius 1 is 1.00 bits per heavy atom. The number of aromatic nitrogens is 4. The van der Waals surface area contributed by atoms with Gasteiger partial charge in [0, 0.05) is 16.8 Å². The number of nitrogens with one attached hydrogen (secondary N) is 2. The van der Waals surface area contributed by atoms with Gasteiger partial charge in [0.15, 0.2) is 17.3 Å². The maximum atomic E-state index is 5.52. The van der Waals surface area contributed by atoms with Gasteiger partial charge < -0.3 is 19.2 Å². The van der Waals surface area contributed by atoms with E-state index in [1.54, 1.807) is 21.3 Å². The molecular weight excluding hydrogens is 380 g/mol. The van der Waals surface area contributed by atoms with Crippen LogP contribution in [0.3, 0.4) is 0 Å². The van der Waals surface area contributed by atoms with E-state index in [0.717, 1.165) is 39.1 Å². The summed E-state index contributed by atoms with van der Waals surface area (Å²) in [6.07, 6.45) is 4.02. The minimum absolute atomic E-state index is 0.559. The number of hydrogen-bond acceptors (Lipinski definition) is 5. The number of imidazole rings is 1. The van der Waals surface area contributed by atoms with E-state index in [4.69, 9.17) is 19.2 Å². The Kier molecular flexibility index (Phi) is 5.18. The van der Waals surface area contributed by atoms with Gasteiger partial charge >= 0.3 is 0 Å². The number of ether oxygens (including phenoxy) is 3. The molecule has 0 atom stereocenters. The van der Waals surface area contributed by atoms with E-state index in [1.165, 1.54) is 0 Å². The van der Waals surface area contributed by atoms with Gasteiger partial charge in [0.05, 0.1) is 32.4 Å². The fourth-order valence-electron chi connectivity index (χ4n) is 3.61. The van der Waals surface area contributed by atoms with Crippen molar-refractivity contribution < 1.29 is 14.2 Å². The lowest BCUT2D eigenvalue weighted by molar-refractivity contribution is 0.324. The molecule has 0 saturated carbocycles. The SMILES string of the molecule is C/C=C\c1c(-c2nc3cccc(-c4cc(OC)c(OC)c(OC)c4)c3[nH]2)n[nH]c1C. The van der Waals surface area contributed by atoms with Crippen molar-refractivity contribution in [3.8, 4) is 39.9 Å². The number of hydrogen-bond donors (Lipinski definition) is 2. The zero-order chi connectivity index (χ0) is 21.3. The van der Waals surface area contributed by atoms with Crippen LogP contribution in [0.5, 0.6) is 17.2 Å². The summed E-state index contributed by atoms with van der Waals surface area (Å²) in [4.78, 5) is 8.24. The van der Waals surface area contributed by atoms with Crippen LogP contribution >= 0.6 is 0 Å². The van der Waals surface area contributed by atoms with E-state index in [2.05, 4.69) is 15.2 Å². The molecule has 0 fully saturated rings. The molecule has 0 aliphatic rings. The number of methoxy groups -OCH3 is 3. The lowest BCUT2D eigenvalue weighted by Crippen LogP contribution is -1.96. The summed E-state index contributed by atoms with van der Waals surface area (Å²) in [5, 5.41) is 7.50. The van der Waals surface area contributed by atoms with Gasteiger partial charge in [0.2, 0.25) is 5.75 Å². The molecular formula is C23H24N4O3. The van der Waals surface area contributed by atoms with Crippen LogP contribution in [-0.4, -0.2) is 41.5 Å². The van der Waals surface area contributed by atoms with E-state index in [1.807, 2.05) is 56.3 Å². The van der Waals surface area contributed by atoms with Crippen molar-refractivity contribution in [2.45, 2.75) is 13.8 Å². The lowest BCUT2D eigenvalue weighted by Gasteiger charge is -2.14. The Hall–Kier alpha value is -3.74. The normalized spacial score (nSPS) is 11.4. The molecule has 0 aliphatic carbocycles. The second-order valence-corrected chi connectivity index (χ2v) is 6.81. The van der Waals surface area contributed by atoms with Crippen molar-refractivity contribution in [3.05, 3.63) is 47.7 Å². The quantitative estimate of drug-likeness (QED) is 0.473. The molecule has 7 nitrogen and oxygen atoms in total. The predicted octanol–water partition coefficient (Wildman–Crippen LogP) is 4.99. The molecule has 0 radical (unpaired) electrons. The molecule has 154 valence electrons. The predicted molar refractivity (Wildman–Crippen MR) is 118 cm³/mol. The van der Waals surface area contributed by atoms with Gasteiger partial charge in [-0.25, -0.2) is 4.98 Å². The summed E-state index contributed by atoms with van der Waals surface area (Å²) >= 11 is 0. The van der Waals surface area contributed by atoms with Gasteiger partial charge in [-0.3, -0.25) is 5.10 Å². The highest BCUT2D eigenvalue weighted by molar-refractivity contribution is 5.94. The number of allylic oxidation sites excluding steroid dienone is 1. The molecule has 4 rings (SSSR count). The van der Waals surface area contributed by atoms with Crippen molar-refractivity contribution in [3.63, 3.8) is 0 Å². The summed E-state index contributed by atoms with van der Waals surface area (Å²) in [7, 11) is 4.81. The Morgan fingerprint density at radius 2 is 1.73 bits per heavy atom. The maximum absolute atomic E-state index is 5.52. The zero-order valence-corrected chi connectivity index (χ0v) is 17.7. The number of nitrogens with zero attached hydrogens (tertiary/aromatic N) is 2. The van der Waals surface area contributed by atoms with Crippen LogP contribution in [0.4, 0.5) is 0 Å². The van der Waals surface area contributed by atoms with Gasteiger partial charge in [-0.15, -0.1) is 0 Å². The first-order chi connectivity index (χ1) is 14.6. The van der Waals surface area contributed by atoms with Crippen LogP contribution in [-0.2, 0) is 0 Å². The molecule has 0 unspecified atom stereocenters. The maximum Gasteiger partial charge on any atom is 0.203 e. The average molecular weight is 404 g/mol. The molecule has 0 bridgehead atoms. The Labute approximate surface area is 174 Å². The van der Waals surface area contributed by atoms with Crippen LogP contribution in [0.2, 0.25) is 0 Å². The lowest BCUT2D eigenvalue weighted by atomic mass is 10.0. The highest BCUT2D eigenvalue weighted by Gasteiger charge is 2.18. The molecule has 4 aromatic rings. The molecule has 0 saturated heterocycles. The van der Waals surface area contributed by atoms with E-state index in [9.17, 15) is 0 Å². The Morgan fingerprint density at radius 3 is 2.37 bits per heavy atom. The summed E-state index contributed by atoms with van der Waals surface area (Å²) in [6, 6.07) is 9.86. The van der Waals surface area contributed by atoms with Gasteiger partial charge in [-0.1, -0.05) is 24.3 Å². The molecule has 2 heterocycles. The van der Waals surface area contributed by atoms with Gasteiger partial charge in [-0.2, -0.15) is 5.10 Å². The summed E-state index contributed by atoms with van der Waals surface area (Å²) in [6.45, 7) is 3.98. The van der Waals surface area contributed by atoms with Crippen molar-refractivity contribution in [1.29, 1.82) is 0 Å². The topological polar surface area (TPSA) is 85.0 Å². The minimum Gasteiger partial charge on any atom is -0.493 e. The third-order valence-corrected chi connectivity index (χ3v) is 5.05. The molecule has 0 aliphatic heterocycles. The second-order valence-electron chi connectivity index (χ2n) is 6.81. The number of fused-ring (bicyclic) bond motifs is 1. The van der Waals surface area contributed by atoms with Crippen molar-refractivity contribution in [2.75, 3.05) is 21.3 Å². The molecule has 2 aromatic carbocycles. The minimum atomic E-state index is 0.559. The van der Waals surface area contributed by atoms with Crippen molar-refractivity contribution in [2.24, 2.45) is 0 Å². The number of aryl methyl sites for hydroxylation is 1. The third-order valence-electron chi connectivity index (χ3n) is 5.05. The number of para-hydroxylation sites is 1. The van der Waals surface area contributed by atoms with Crippen LogP contribution in [0, 0.1) is 6.92 Å². The number of rotatable bonds is 6. The molecule has 2 N–H and O–H groups in total. The zero-order valence-electron chi connectivity index (χ0n) is 17.7. The van der Waals surface area contributed by atoms with E-state index in [-0.39, 0.29) is 0 Å². The summed E-state index contributed by atoms with van der Waals surface area (Å²) in [5.41, 5.74) is 6.47. The average Bonchev–Trinajstić information content (AvgIpc) is 3.36. The molecule has 0 amide bonds. The van der Waals surface area contributed by atoms with Crippen LogP contribution in [0.15, 0.2) is 36.4 Å². The first kappa shape index (κ1) is 19.6. The van der Waals surface area contributed by atoms with Crippen LogP contribution < -0.4 is 14.2 Å². The van der Waals surface area contributed by atoms with E-state index in [0.29, 0.717) is 23.1 Å². The Balaban J connectivity index is 1.91. The fraction of sp³-hybridized carbons (Fsp3) is 0.217. The van der Waals surface area contributed by atoms with Crippen LogP contribution in [0.1, 0.15) is 18.2 Å². The van der Waals surface area contributed by atoms with E-state index >= 15 is 0 Å². The smallest absolute Gasteiger partial charge is 0.203 e. The molecule has 2 aromatic heterocycles. The first-order valence-corrected chi connectivity index (χ1v) is 9.58. The molecule has 30 heavy (non-hydrogen) atoms. The Bertz CT molecular complexity index is 1210. The first-order valence-electron chi connectivity index (χ1n) is 9.58. The monoisotopic (exact) mass is 404 g/mol.